The van der Waals surface area contributed by atoms with Gasteiger partial charge in [0.05, 0.1) is 34.6 Å². The van der Waals surface area contributed by atoms with E-state index in [9.17, 15) is 4.79 Å². The molecule has 0 bridgehead atoms. The van der Waals surface area contributed by atoms with Crippen molar-refractivity contribution in [2.45, 2.75) is 6.42 Å². The molecule has 2 atom stereocenters. The molecule has 0 radical (unpaired) electrons. The van der Waals surface area contributed by atoms with Crippen LogP contribution in [0.4, 0.5) is 5.69 Å². The zero-order valence-corrected chi connectivity index (χ0v) is 19.2. The zero-order valence-electron chi connectivity index (χ0n) is 18.4. The molecular weight excluding hydrogens is 424 g/mol. The highest BCUT2D eigenvalue weighted by atomic mass is 32.1. The number of ether oxygens (including phenoxy) is 2. The van der Waals surface area contributed by atoms with E-state index in [0.29, 0.717) is 12.5 Å². The SMILES string of the molecule is CNCCOc1ccc(-c2cc(N3C[C@@H]4CCNC(=O)[C@@H]4C3)c3sc(OC)cc3n2)cc1. The minimum absolute atomic E-state index is 0.0614. The van der Waals surface area contributed by atoms with E-state index in [4.69, 9.17) is 14.5 Å². The lowest BCUT2D eigenvalue weighted by atomic mass is 9.89. The maximum Gasteiger partial charge on any atom is 0.225 e. The van der Waals surface area contributed by atoms with Gasteiger partial charge in [-0.05, 0) is 49.7 Å². The number of hydrogen-bond acceptors (Lipinski definition) is 7. The second kappa shape index (κ2) is 8.96. The smallest absolute Gasteiger partial charge is 0.225 e. The number of benzene rings is 1. The quantitative estimate of drug-likeness (QED) is 0.537. The molecule has 2 fully saturated rings. The van der Waals surface area contributed by atoms with E-state index in [-0.39, 0.29) is 11.8 Å². The molecule has 2 aliphatic heterocycles. The molecule has 5 rings (SSSR count). The third-order valence-corrected chi connectivity index (χ3v) is 7.45. The van der Waals surface area contributed by atoms with Crippen LogP contribution in [0.3, 0.4) is 0 Å². The summed E-state index contributed by atoms with van der Waals surface area (Å²) in [6.45, 7) is 3.85. The van der Waals surface area contributed by atoms with Crippen molar-refractivity contribution in [3.8, 4) is 22.1 Å². The van der Waals surface area contributed by atoms with Gasteiger partial charge in [-0.15, -0.1) is 0 Å². The Balaban J connectivity index is 1.49. The molecule has 7 nitrogen and oxygen atoms in total. The topological polar surface area (TPSA) is 75.7 Å². The molecule has 2 N–H and O–H groups in total. The maximum atomic E-state index is 12.4. The number of amides is 1. The van der Waals surface area contributed by atoms with Crippen molar-refractivity contribution in [3.05, 3.63) is 36.4 Å². The van der Waals surface area contributed by atoms with Gasteiger partial charge in [-0.2, -0.15) is 0 Å². The average Bonchev–Trinajstić information content (AvgIpc) is 3.44. The van der Waals surface area contributed by atoms with Gasteiger partial charge in [0.25, 0.3) is 0 Å². The van der Waals surface area contributed by atoms with Crippen LogP contribution in [0, 0.1) is 11.8 Å². The van der Waals surface area contributed by atoms with E-state index >= 15 is 0 Å². The highest BCUT2D eigenvalue weighted by Crippen LogP contribution is 2.42. The van der Waals surface area contributed by atoms with E-state index in [1.54, 1.807) is 18.4 Å². The number of piperidine rings is 1. The molecule has 0 saturated carbocycles. The van der Waals surface area contributed by atoms with Crippen LogP contribution < -0.4 is 25.0 Å². The monoisotopic (exact) mass is 452 g/mol. The first-order valence-electron chi connectivity index (χ1n) is 11.1. The van der Waals surface area contributed by atoms with Crippen LogP contribution in [0.2, 0.25) is 0 Å². The summed E-state index contributed by atoms with van der Waals surface area (Å²) in [7, 11) is 3.60. The van der Waals surface area contributed by atoms with Crippen LogP contribution in [0.25, 0.3) is 21.5 Å². The van der Waals surface area contributed by atoms with Gasteiger partial charge >= 0.3 is 0 Å². The molecule has 2 aliphatic rings. The van der Waals surface area contributed by atoms with Crippen LogP contribution in [0.5, 0.6) is 10.8 Å². The molecule has 8 heteroatoms. The van der Waals surface area contributed by atoms with E-state index < -0.39 is 0 Å². The van der Waals surface area contributed by atoms with Crippen molar-refractivity contribution >= 4 is 33.1 Å². The molecular formula is C24H28N4O3S. The molecule has 2 aromatic heterocycles. The van der Waals surface area contributed by atoms with E-state index in [2.05, 4.69) is 21.6 Å². The van der Waals surface area contributed by atoms with Gasteiger partial charge in [0.15, 0.2) is 5.06 Å². The lowest BCUT2D eigenvalue weighted by molar-refractivity contribution is -0.127. The fourth-order valence-corrected chi connectivity index (χ4v) is 5.59. The molecule has 32 heavy (non-hydrogen) atoms. The first kappa shape index (κ1) is 21.0. The standard InChI is InChI=1S/C24H28N4O3S/c1-25-9-10-31-17-5-3-15(4-6-17)19-11-21(23-20(27-19)12-22(30-2)32-23)28-13-16-7-8-26-24(29)18(16)14-28/h3-6,11-12,16,18,25H,7-10,13-14H2,1-2H3,(H,26,29)/t16-,18+/m0/s1. The van der Waals surface area contributed by atoms with Crippen molar-refractivity contribution < 1.29 is 14.3 Å². The lowest BCUT2D eigenvalue weighted by Gasteiger charge is -2.23. The number of carbonyl (C=O) groups is 1. The van der Waals surface area contributed by atoms with Crippen molar-refractivity contribution in [2.24, 2.45) is 11.8 Å². The summed E-state index contributed by atoms with van der Waals surface area (Å²) in [5.41, 5.74) is 4.01. The van der Waals surface area contributed by atoms with Crippen LogP contribution in [-0.4, -0.2) is 57.8 Å². The van der Waals surface area contributed by atoms with Crippen molar-refractivity contribution in [3.63, 3.8) is 0 Å². The van der Waals surface area contributed by atoms with E-state index in [1.165, 1.54) is 0 Å². The Morgan fingerprint density at radius 3 is 2.84 bits per heavy atom. The number of methoxy groups -OCH3 is 1. The van der Waals surface area contributed by atoms with Crippen LogP contribution in [0.15, 0.2) is 36.4 Å². The number of fused-ring (bicyclic) bond motifs is 2. The molecule has 1 aromatic carbocycles. The molecule has 4 heterocycles. The predicted octanol–water partition coefficient (Wildman–Crippen LogP) is 3.14. The molecule has 3 aromatic rings. The Bertz CT molecular complexity index is 1110. The lowest BCUT2D eigenvalue weighted by Crippen LogP contribution is -2.41. The van der Waals surface area contributed by atoms with Gasteiger partial charge in [-0.25, -0.2) is 4.98 Å². The van der Waals surface area contributed by atoms with Crippen LogP contribution >= 0.6 is 11.3 Å². The van der Waals surface area contributed by atoms with Gasteiger partial charge in [0.1, 0.15) is 12.4 Å². The summed E-state index contributed by atoms with van der Waals surface area (Å²) in [4.78, 5) is 19.7. The summed E-state index contributed by atoms with van der Waals surface area (Å²) in [6, 6.07) is 12.2. The second-order valence-corrected chi connectivity index (χ2v) is 9.35. The Labute approximate surface area is 191 Å². The van der Waals surface area contributed by atoms with E-state index in [1.807, 2.05) is 37.4 Å². The number of anilines is 1. The Morgan fingerprint density at radius 2 is 2.09 bits per heavy atom. The third kappa shape index (κ3) is 4.00. The number of nitrogens with one attached hydrogen (secondary N) is 2. The number of nitrogens with zero attached hydrogens (tertiary/aromatic N) is 2. The second-order valence-electron chi connectivity index (χ2n) is 8.34. The maximum absolute atomic E-state index is 12.4. The van der Waals surface area contributed by atoms with Crippen molar-refractivity contribution in [2.75, 3.05) is 51.8 Å². The normalized spacial score (nSPS) is 20.3. The van der Waals surface area contributed by atoms with Gasteiger partial charge in [0.2, 0.25) is 5.91 Å². The Kier molecular flexibility index (Phi) is 5.89. The number of pyridine rings is 1. The number of carbonyl (C=O) groups excluding carboxylic acids is 1. The molecule has 0 spiro atoms. The minimum Gasteiger partial charge on any atom is -0.492 e. The number of hydrogen-bond donors (Lipinski definition) is 2. The first-order valence-corrected chi connectivity index (χ1v) is 11.9. The minimum atomic E-state index is 0.0614. The molecule has 2 saturated heterocycles. The fraction of sp³-hybridized carbons (Fsp3) is 0.417. The summed E-state index contributed by atoms with van der Waals surface area (Å²) < 4.78 is 12.4. The van der Waals surface area contributed by atoms with Gasteiger partial charge in [-0.1, -0.05) is 11.3 Å². The van der Waals surface area contributed by atoms with Crippen molar-refractivity contribution in [1.29, 1.82) is 0 Å². The summed E-state index contributed by atoms with van der Waals surface area (Å²) in [6.07, 6.45) is 1.04. The molecule has 168 valence electrons. The third-order valence-electron chi connectivity index (χ3n) is 6.34. The number of aromatic nitrogens is 1. The summed E-state index contributed by atoms with van der Waals surface area (Å²) in [5.74, 6) is 1.50. The van der Waals surface area contributed by atoms with Crippen molar-refractivity contribution in [1.82, 2.24) is 15.6 Å². The molecule has 0 aliphatic carbocycles. The summed E-state index contributed by atoms with van der Waals surface area (Å²) in [5, 5.41) is 6.95. The van der Waals surface area contributed by atoms with Crippen LogP contribution in [0.1, 0.15) is 6.42 Å². The van der Waals surface area contributed by atoms with E-state index in [0.717, 1.165) is 70.6 Å². The van der Waals surface area contributed by atoms with Crippen LogP contribution in [-0.2, 0) is 4.79 Å². The van der Waals surface area contributed by atoms with Gasteiger partial charge in [0, 0.05) is 37.8 Å². The number of rotatable bonds is 7. The van der Waals surface area contributed by atoms with Gasteiger partial charge < -0.3 is 25.0 Å². The van der Waals surface area contributed by atoms with Gasteiger partial charge in [-0.3, -0.25) is 4.79 Å². The first-order chi connectivity index (χ1) is 15.7. The average molecular weight is 453 g/mol. The zero-order chi connectivity index (χ0) is 22.1. The Morgan fingerprint density at radius 1 is 1.25 bits per heavy atom. The number of thiophene rings is 1. The highest BCUT2D eigenvalue weighted by Gasteiger charge is 2.40. The summed E-state index contributed by atoms with van der Waals surface area (Å²) >= 11 is 1.61. The fourth-order valence-electron chi connectivity index (χ4n) is 4.63. The number of likely N-dealkylation sites (N-methyl/N-ethyl adjacent to an activating group) is 1. The predicted molar refractivity (Wildman–Crippen MR) is 128 cm³/mol. The highest BCUT2D eigenvalue weighted by molar-refractivity contribution is 7.21. The molecule has 1 amide bonds. The Hall–Kier alpha value is -2.84. The molecule has 0 unspecified atom stereocenters. The largest absolute Gasteiger partial charge is 0.492 e.